The highest BCUT2D eigenvalue weighted by atomic mass is 35.5. The third kappa shape index (κ3) is 3.20. The van der Waals surface area contributed by atoms with Crippen LogP contribution < -0.4 is 9.47 Å². The number of phenolic OH excluding ortho intramolecular Hbond substituents is 1. The van der Waals surface area contributed by atoms with Gasteiger partial charge in [0, 0.05) is 18.1 Å². The van der Waals surface area contributed by atoms with Crippen LogP contribution in [0.25, 0.3) is 0 Å². The topological polar surface area (TPSA) is 76.0 Å². The molecular formula is C12H15ClO5. The fourth-order valence-corrected chi connectivity index (χ4v) is 1.89. The second-order valence-electron chi connectivity index (χ2n) is 3.67. The molecule has 0 aliphatic carbocycles. The molecule has 0 aliphatic rings. The fraction of sp³-hybridized carbons (Fsp3) is 0.417. The van der Waals surface area contributed by atoms with E-state index >= 15 is 0 Å². The Hall–Kier alpha value is -1.62. The normalized spacial score (nSPS) is 10.2. The molecule has 0 atom stereocenters. The standard InChI is InChI=1S/C12H15ClO5/c1-17-9-6-8(13)11(16)7(12(9)18-2)4-3-5-10(14)15/h6,16H,3-5H2,1-2H3,(H,14,15). The summed E-state index contributed by atoms with van der Waals surface area (Å²) >= 11 is 5.87. The minimum Gasteiger partial charge on any atom is -0.506 e. The van der Waals surface area contributed by atoms with Gasteiger partial charge in [-0.15, -0.1) is 0 Å². The second-order valence-corrected chi connectivity index (χ2v) is 4.08. The van der Waals surface area contributed by atoms with Gasteiger partial charge >= 0.3 is 5.97 Å². The average Bonchev–Trinajstić information content (AvgIpc) is 2.33. The molecule has 0 aliphatic heterocycles. The van der Waals surface area contributed by atoms with Gasteiger partial charge in [-0.2, -0.15) is 0 Å². The summed E-state index contributed by atoms with van der Waals surface area (Å²) in [5, 5.41) is 18.6. The first-order valence-corrected chi connectivity index (χ1v) is 5.73. The molecule has 1 aromatic rings. The number of hydrogen-bond acceptors (Lipinski definition) is 4. The van der Waals surface area contributed by atoms with Crippen LogP contribution in [-0.2, 0) is 11.2 Å². The van der Waals surface area contributed by atoms with Crippen LogP contribution in [0.4, 0.5) is 0 Å². The molecule has 0 radical (unpaired) electrons. The number of carboxylic acids is 1. The molecule has 0 bridgehead atoms. The van der Waals surface area contributed by atoms with Crippen LogP contribution in [0.2, 0.25) is 5.02 Å². The Morgan fingerprint density at radius 1 is 1.39 bits per heavy atom. The van der Waals surface area contributed by atoms with E-state index in [2.05, 4.69) is 0 Å². The molecule has 2 N–H and O–H groups in total. The molecule has 0 heterocycles. The lowest BCUT2D eigenvalue weighted by Crippen LogP contribution is -2.00. The monoisotopic (exact) mass is 274 g/mol. The van der Waals surface area contributed by atoms with Gasteiger partial charge in [0.1, 0.15) is 5.75 Å². The van der Waals surface area contributed by atoms with Crippen molar-refractivity contribution in [2.24, 2.45) is 0 Å². The maximum absolute atomic E-state index is 10.5. The molecule has 6 heteroatoms. The Labute approximate surface area is 110 Å². The summed E-state index contributed by atoms with van der Waals surface area (Å²) in [4.78, 5) is 10.5. The third-order valence-electron chi connectivity index (χ3n) is 2.51. The van der Waals surface area contributed by atoms with Crippen molar-refractivity contribution in [3.8, 4) is 17.2 Å². The van der Waals surface area contributed by atoms with E-state index in [1.807, 2.05) is 0 Å². The predicted molar refractivity (Wildman–Crippen MR) is 66.8 cm³/mol. The van der Waals surface area contributed by atoms with Crippen molar-refractivity contribution in [3.05, 3.63) is 16.7 Å². The summed E-state index contributed by atoms with van der Waals surface area (Å²) in [6, 6.07) is 1.45. The van der Waals surface area contributed by atoms with Crippen LogP contribution in [0, 0.1) is 0 Å². The van der Waals surface area contributed by atoms with Crippen molar-refractivity contribution in [2.45, 2.75) is 19.3 Å². The van der Waals surface area contributed by atoms with Gasteiger partial charge < -0.3 is 19.7 Å². The quantitative estimate of drug-likeness (QED) is 0.833. The van der Waals surface area contributed by atoms with Crippen molar-refractivity contribution in [2.75, 3.05) is 14.2 Å². The minimum atomic E-state index is -0.887. The second kappa shape index (κ2) is 6.35. The van der Waals surface area contributed by atoms with E-state index in [1.165, 1.54) is 20.3 Å². The molecule has 1 rings (SSSR count). The molecule has 100 valence electrons. The number of rotatable bonds is 6. The first-order chi connectivity index (χ1) is 8.51. The first kappa shape index (κ1) is 14.4. The largest absolute Gasteiger partial charge is 0.506 e. The molecule has 1 aromatic carbocycles. The Balaban J connectivity index is 3.06. The smallest absolute Gasteiger partial charge is 0.303 e. The fourth-order valence-electron chi connectivity index (χ4n) is 1.67. The third-order valence-corrected chi connectivity index (χ3v) is 2.80. The zero-order valence-corrected chi connectivity index (χ0v) is 11.0. The highest BCUT2D eigenvalue weighted by molar-refractivity contribution is 6.32. The predicted octanol–water partition coefficient (Wildman–Crippen LogP) is 2.47. The van der Waals surface area contributed by atoms with E-state index in [1.54, 1.807) is 0 Å². The Morgan fingerprint density at radius 2 is 2.06 bits per heavy atom. The lowest BCUT2D eigenvalue weighted by molar-refractivity contribution is -0.137. The molecule has 0 unspecified atom stereocenters. The highest BCUT2D eigenvalue weighted by Crippen LogP contribution is 2.42. The van der Waals surface area contributed by atoms with Crippen molar-refractivity contribution in [3.63, 3.8) is 0 Å². The lowest BCUT2D eigenvalue weighted by Gasteiger charge is -2.15. The van der Waals surface area contributed by atoms with E-state index < -0.39 is 5.97 Å². The summed E-state index contributed by atoms with van der Waals surface area (Å²) < 4.78 is 10.3. The molecule has 0 fully saturated rings. The van der Waals surface area contributed by atoms with Gasteiger partial charge in [0.15, 0.2) is 11.5 Å². The summed E-state index contributed by atoms with van der Waals surface area (Å²) in [7, 11) is 2.91. The van der Waals surface area contributed by atoms with Gasteiger partial charge in [-0.1, -0.05) is 11.6 Å². The SMILES string of the molecule is COc1cc(Cl)c(O)c(CCCC(=O)O)c1OC. The number of aliphatic carboxylic acids is 1. The number of halogens is 1. The number of methoxy groups -OCH3 is 2. The van der Waals surface area contributed by atoms with E-state index in [9.17, 15) is 9.90 Å². The summed E-state index contributed by atoms with van der Waals surface area (Å²) in [5.74, 6) is -0.197. The molecule has 5 nitrogen and oxygen atoms in total. The maximum Gasteiger partial charge on any atom is 0.303 e. The number of phenols is 1. The summed E-state index contributed by atoms with van der Waals surface area (Å²) in [6.07, 6.45) is 0.735. The van der Waals surface area contributed by atoms with Gasteiger partial charge in [-0.3, -0.25) is 4.79 Å². The van der Waals surface area contributed by atoms with Gasteiger partial charge in [-0.25, -0.2) is 0 Å². The average molecular weight is 275 g/mol. The minimum absolute atomic E-state index is 0.0113. The van der Waals surface area contributed by atoms with E-state index in [0.717, 1.165) is 0 Å². The number of ether oxygens (including phenoxy) is 2. The van der Waals surface area contributed by atoms with Crippen molar-refractivity contribution >= 4 is 17.6 Å². The van der Waals surface area contributed by atoms with E-state index in [-0.39, 0.29) is 17.2 Å². The van der Waals surface area contributed by atoms with Crippen LogP contribution in [0.15, 0.2) is 6.07 Å². The zero-order valence-electron chi connectivity index (χ0n) is 10.2. The molecule has 0 aromatic heterocycles. The van der Waals surface area contributed by atoms with Gasteiger partial charge in [0.2, 0.25) is 0 Å². The summed E-state index contributed by atoms with van der Waals surface area (Å²) in [5.41, 5.74) is 0.461. The molecule has 0 saturated carbocycles. The van der Waals surface area contributed by atoms with Crippen LogP contribution >= 0.6 is 11.6 Å². The number of aromatic hydroxyl groups is 1. The highest BCUT2D eigenvalue weighted by Gasteiger charge is 2.18. The number of hydrogen-bond donors (Lipinski definition) is 2. The van der Waals surface area contributed by atoms with E-state index in [4.69, 9.17) is 26.2 Å². The van der Waals surface area contributed by atoms with Gasteiger partial charge in [-0.05, 0) is 12.8 Å². The van der Waals surface area contributed by atoms with Crippen molar-refractivity contribution < 1.29 is 24.5 Å². The number of carboxylic acid groups (broad SMARTS) is 1. The zero-order chi connectivity index (χ0) is 13.7. The Kier molecular flexibility index (Phi) is 5.09. The van der Waals surface area contributed by atoms with Crippen LogP contribution in [-0.4, -0.2) is 30.4 Å². The Morgan fingerprint density at radius 3 is 2.56 bits per heavy atom. The van der Waals surface area contributed by atoms with Crippen molar-refractivity contribution in [1.82, 2.24) is 0 Å². The van der Waals surface area contributed by atoms with Crippen LogP contribution in [0.1, 0.15) is 18.4 Å². The number of benzene rings is 1. The molecule has 0 amide bonds. The van der Waals surface area contributed by atoms with Gasteiger partial charge in [0.25, 0.3) is 0 Å². The first-order valence-electron chi connectivity index (χ1n) is 5.35. The molecule has 0 spiro atoms. The van der Waals surface area contributed by atoms with Crippen LogP contribution in [0.5, 0.6) is 17.2 Å². The van der Waals surface area contributed by atoms with Crippen molar-refractivity contribution in [1.29, 1.82) is 0 Å². The Bertz CT molecular complexity index is 445. The summed E-state index contributed by atoms with van der Waals surface area (Å²) in [6.45, 7) is 0. The maximum atomic E-state index is 10.5. The lowest BCUT2D eigenvalue weighted by atomic mass is 10.0. The number of carbonyl (C=O) groups is 1. The molecule has 18 heavy (non-hydrogen) atoms. The van der Waals surface area contributed by atoms with Crippen LogP contribution in [0.3, 0.4) is 0 Å². The molecule has 0 saturated heterocycles. The van der Waals surface area contributed by atoms with Gasteiger partial charge in [0.05, 0.1) is 19.2 Å². The van der Waals surface area contributed by atoms with E-state index in [0.29, 0.717) is 29.9 Å². The molecular weight excluding hydrogens is 260 g/mol.